The van der Waals surface area contributed by atoms with Crippen LogP contribution in [0.2, 0.25) is 0 Å². The molecule has 0 N–H and O–H groups in total. The van der Waals surface area contributed by atoms with Crippen LogP contribution in [0.5, 0.6) is 0 Å². The zero-order valence-corrected chi connectivity index (χ0v) is 12.2. The zero-order chi connectivity index (χ0) is 12.5. The van der Waals surface area contributed by atoms with E-state index in [0.29, 0.717) is 9.37 Å². The molecular formula is C12H16BrNO2S. The van der Waals surface area contributed by atoms with Crippen molar-refractivity contribution in [2.45, 2.75) is 36.6 Å². The second-order valence-electron chi connectivity index (χ2n) is 4.39. The van der Waals surface area contributed by atoms with E-state index in [1.165, 1.54) is 4.31 Å². The first-order valence-electron chi connectivity index (χ1n) is 5.76. The third kappa shape index (κ3) is 2.56. The van der Waals surface area contributed by atoms with Crippen LogP contribution in [0.25, 0.3) is 0 Å². The second kappa shape index (κ2) is 5.08. The number of hydrogen-bond donors (Lipinski definition) is 0. The first-order valence-corrected chi connectivity index (χ1v) is 7.99. The lowest BCUT2D eigenvalue weighted by molar-refractivity contribution is 0.373. The molecule has 3 nitrogen and oxygen atoms in total. The SMILES string of the molecule is CN(C1CCCC1)S(=O)(=O)c1ccccc1Br. The lowest BCUT2D eigenvalue weighted by Crippen LogP contribution is -2.35. The van der Waals surface area contributed by atoms with E-state index in [0.717, 1.165) is 25.7 Å². The summed E-state index contributed by atoms with van der Waals surface area (Å²) in [6.45, 7) is 0. The standard InChI is InChI=1S/C12H16BrNO2S/c1-14(10-6-2-3-7-10)17(15,16)12-9-5-4-8-11(12)13/h4-5,8-10H,2-3,6-7H2,1H3. The summed E-state index contributed by atoms with van der Waals surface area (Å²) in [7, 11) is -1.68. The molecule has 1 aliphatic rings. The lowest BCUT2D eigenvalue weighted by atomic mass is 10.3. The molecule has 94 valence electrons. The summed E-state index contributed by atoms with van der Waals surface area (Å²) in [6, 6.07) is 7.13. The highest BCUT2D eigenvalue weighted by Crippen LogP contribution is 2.30. The molecule has 0 atom stereocenters. The highest BCUT2D eigenvalue weighted by atomic mass is 79.9. The molecule has 2 rings (SSSR count). The summed E-state index contributed by atoms with van der Waals surface area (Å²) in [6.07, 6.45) is 4.20. The third-order valence-electron chi connectivity index (χ3n) is 3.33. The Morgan fingerprint density at radius 1 is 1.24 bits per heavy atom. The predicted octanol–water partition coefficient (Wildman–Crippen LogP) is 3.01. The van der Waals surface area contributed by atoms with Crippen molar-refractivity contribution >= 4 is 26.0 Å². The normalized spacial score (nSPS) is 17.8. The van der Waals surface area contributed by atoms with Crippen molar-refractivity contribution in [1.29, 1.82) is 0 Å². The molecule has 0 spiro atoms. The predicted molar refractivity (Wildman–Crippen MR) is 71.3 cm³/mol. The molecule has 17 heavy (non-hydrogen) atoms. The summed E-state index contributed by atoms with van der Waals surface area (Å²) in [4.78, 5) is 0.356. The molecule has 0 heterocycles. The van der Waals surface area contributed by atoms with Gasteiger partial charge in [-0.25, -0.2) is 8.42 Å². The molecule has 1 aromatic rings. The van der Waals surface area contributed by atoms with E-state index in [4.69, 9.17) is 0 Å². The molecule has 0 bridgehead atoms. The molecule has 0 radical (unpaired) electrons. The van der Waals surface area contributed by atoms with Crippen LogP contribution in [0.1, 0.15) is 25.7 Å². The van der Waals surface area contributed by atoms with Gasteiger partial charge in [0.25, 0.3) is 0 Å². The smallest absolute Gasteiger partial charge is 0.207 e. The minimum atomic E-state index is -3.37. The van der Waals surface area contributed by atoms with Gasteiger partial charge in [-0.1, -0.05) is 25.0 Å². The van der Waals surface area contributed by atoms with Crippen LogP contribution in [0.4, 0.5) is 0 Å². The third-order valence-corrected chi connectivity index (χ3v) is 6.25. The summed E-state index contributed by atoms with van der Waals surface area (Å²) in [5.74, 6) is 0. The van der Waals surface area contributed by atoms with Gasteiger partial charge in [0.05, 0.1) is 4.90 Å². The topological polar surface area (TPSA) is 37.4 Å². The molecule has 5 heteroatoms. The van der Waals surface area contributed by atoms with Gasteiger partial charge < -0.3 is 0 Å². The van der Waals surface area contributed by atoms with Crippen molar-refractivity contribution in [1.82, 2.24) is 4.31 Å². The Morgan fingerprint density at radius 2 is 1.82 bits per heavy atom. The lowest BCUT2D eigenvalue weighted by Gasteiger charge is -2.24. The van der Waals surface area contributed by atoms with Crippen LogP contribution >= 0.6 is 15.9 Å². The van der Waals surface area contributed by atoms with Crippen LogP contribution in [0.15, 0.2) is 33.6 Å². The van der Waals surface area contributed by atoms with E-state index >= 15 is 0 Å². The average molecular weight is 318 g/mol. The molecule has 0 aromatic heterocycles. The van der Waals surface area contributed by atoms with Crippen molar-refractivity contribution in [2.75, 3.05) is 7.05 Å². The quantitative estimate of drug-likeness (QED) is 0.859. The van der Waals surface area contributed by atoms with Gasteiger partial charge in [-0.05, 0) is 40.9 Å². The van der Waals surface area contributed by atoms with E-state index in [1.807, 2.05) is 6.07 Å². The highest BCUT2D eigenvalue weighted by molar-refractivity contribution is 9.10. The first kappa shape index (κ1) is 13.1. The van der Waals surface area contributed by atoms with Crippen LogP contribution in [0, 0.1) is 0 Å². The molecule has 0 aliphatic heterocycles. The number of sulfonamides is 1. The molecule has 0 unspecified atom stereocenters. The molecule has 0 amide bonds. The number of nitrogens with zero attached hydrogens (tertiary/aromatic N) is 1. The van der Waals surface area contributed by atoms with Crippen LogP contribution in [-0.2, 0) is 10.0 Å². The van der Waals surface area contributed by atoms with E-state index in [-0.39, 0.29) is 6.04 Å². The molecule has 1 saturated carbocycles. The van der Waals surface area contributed by atoms with E-state index < -0.39 is 10.0 Å². The van der Waals surface area contributed by atoms with Crippen LogP contribution in [0.3, 0.4) is 0 Å². The summed E-state index contributed by atoms with van der Waals surface area (Å²) in [5, 5.41) is 0. The van der Waals surface area contributed by atoms with Gasteiger partial charge >= 0.3 is 0 Å². The van der Waals surface area contributed by atoms with Crippen molar-refractivity contribution in [3.8, 4) is 0 Å². The molecule has 1 aromatic carbocycles. The fourth-order valence-corrected chi connectivity index (χ4v) is 4.65. The number of hydrogen-bond acceptors (Lipinski definition) is 2. The fourth-order valence-electron chi connectivity index (χ4n) is 2.27. The zero-order valence-electron chi connectivity index (χ0n) is 9.77. The van der Waals surface area contributed by atoms with Gasteiger partial charge in [0.1, 0.15) is 0 Å². The minimum absolute atomic E-state index is 0.159. The van der Waals surface area contributed by atoms with Gasteiger partial charge in [-0.15, -0.1) is 0 Å². The largest absolute Gasteiger partial charge is 0.244 e. The Hall–Kier alpha value is -0.390. The minimum Gasteiger partial charge on any atom is -0.207 e. The Kier molecular flexibility index (Phi) is 3.90. The molecular weight excluding hydrogens is 302 g/mol. The van der Waals surface area contributed by atoms with Crippen molar-refractivity contribution in [3.63, 3.8) is 0 Å². The Bertz CT molecular complexity index is 495. The maximum Gasteiger partial charge on any atom is 0.244 e. The van der Waals surface area contributed by atoms with Gasteiger partial charge in [-0.2, -0.15) is 4.31 Å². The Morgan fingerprint density at radius 3 is 2.41 bits per heavy atom. The van der Waals surface area contributed by atoms with Crippen molar-refractivity contribution in [2.24, 2.45) is 0 Å². The number of benzene rings is 1. The van der Waals surface area contributed by atoms with Crippen LogP contribution in [-0.4, -0.2) is 25.8 Å². The molecule has 0 saturated heterocycles. The van der Waals surface area contributed by atoms with Gasteiger partial charge in [0.15, 0.2) is 0 Å². The van der Waals surface area contributed by atoms with E-state index in [1.54, 1.807) is 25.2 Å². The number of rotatable bonds is 3. The van der Waals surface area contributed by atoms with Crippen LogP contribution < -0.4 is 0 Å². The monoisotopic (exact) mass is 317 g/mol. The molecule has 1 fully saturated rings. The molecule has 1 aliphatic carbocycles. The maximum absolute atomic E-state index is 12.4. The summed E-state index contributed by atoms with van der Waals surface area (Å²) in [5.41, 5.74) is 0. The second-order valence-corrected chi connectivity index (χ2v) is 7.21. The van der Waals surface area contributed by atoms with Crippen molar-refractivity contribution < 1.29 is 8.42 Å². The first-order chi connectivity index (χ1) is 8.03. The average Bonchev–Trinajstić information content (AvgIpc) is 2.81. The van der Waals surface area contributed by atoms with Gasteiger partial charge in [0, 0.05) is 17.6 Å². The number of halogens is 1. The van der Waals surface area contributed by atoms with Gasteiger partial charge in [-0.3, -0.25) is 0 Å². The van der Waals surface area contributed by atoms with Gasteiger partial charge in [0.2, 0.25) is 10.0 Å². The maximum atomic E-state index is 12.4. The fraction of sp³-hybridized carbons (Fsp3) is 0.500. The van der Waals surface area contributed by atoms with Crippen molar-refractivity contribution in [3.05, 3.63) is 28.7 Å². The summed E-state index contributed by atoms with van der Waals surface area (Å²) >= 11 is 3.30. The van der Waals surface area contributed by atoms with E-state index in [2.05, 4.69) is 15.9 Å². The highest BCUT2D eigenvalue weighted by Gasteiger charge is 2.30. The van der Waals surface area contributed by atoms with E-state index in [9.17, 15) is 8.42 Å². The summed E-state index contributed by atoms with van der Waals surface area (Å²) < 4.78 is 27.0. The Labute approximate surface area is 111 Å². The Balaban J connectivity index is 2.33.